The van der Waals surface area contributed by atoms with Crippen molar-refractivity contribution in [3.05, 3.63) is 0 Å². The van der Waals surface area contributed by atoms with Crippen LogP contribution in [0.3, 0.4) is 0 Å². The molecule has 0 amide bonds. The van der Waals surface area contributed by atoms with Gasteiger partial charge in [0, 0.05) is 59.1 Å². The molecule has 7 nitrogen and oxygen atoms in total. The normalized spacial score (nSPS) is 36.9. The molecule has 0 aliphatic carbocycles. The number of hydrogen-bond donors (Lipinski definition) is 5. The molecule has 1 saturated heterocycles. The molecule has 5 atom stereocenters. The van der Waals surface area contributed by atoms with Gasteiger partial charge in [-0.25, -0.2) is 0 Å². The summed E-state index contributed by atoms with van der Waals surface area (Å²) >= 11 is 3.81. The van der Waals surface area contributed by atoms with E-state index in [9.17, 15) is 10.2 Å². The van der Waals surface area contributed by atoms with E-state index >= 15 is 0 Å². The van der Waals surface area contributed by atoms with Crippen LogP contribution in [0.5, 0.6) is 0 Å². The first-order valence-electron chi connectivity index (χ1n) is 3.56. The van der Waals surface area contributed by atoms with E-state index in [2.05, 4.69) is 12.6 Å². The van der Waals surface area contributed by atoms with Gasteiger partial charge in [-0.15, -0.1) is 12.6 Å². The van der Waals surface area contributed by atoms with E-state index in [4.69, 9.17) is 14.9 Å². The van der Waals surface area contributed by atoms with Crippen LogP contribution in [0, 0.1) is 0 Å². The quantitative estimate of drug-likeness (QED) is 0.241. The van der Waals surface area contributed by atoms with Gasteiger partial charge in [0.1, 0.15) is 29.9 Å². The second kappa shape index (κ2) is 12.1. The summed E-state index contributed by atoms with van der Waals surface area (Å²) in [4.78, 5) is 0. The average Bonchev–Trinajstić information content (AvgIpc) is 2.08. The number of rotatable bonds is 1. The zero-order valence-electron chi connectivity index (χ0n) is 9.24. The van der Waals surface area contributed by atoms with E-state index in [-0.39, 0.29) is 70.1 Å². The van der Waals surface area contributed by atoms with Gasteiger partial charge in [-0.05, 0) is 0 Å². The largest absolute Gasteiger partial charge is 0.412 e. The van der Waals surface area contributed by atoms with Crippen molar-refractivity contribution < 1.29 is 36.1 Å². The third-order valence-corrected chi connectivity index (χ3v) is 2.29. The Morgan fingerprint density at radius 1 is 0.938 bits per heavy atom. The zero-order chi connectivity index (χ0) is 9.30. The summed E-state index contributed by atoms with van der Waals surface area (Å²) in [5.74, 6) is 0. The summed E-state index contributed by atoms with van der Waals surface area (Å²) in [7, 11) is 0. The van der Waals surface area contributed by atoms with Crippen LogP contribution in [0.2, 0.25) is 0 Å². The van der Waals surface area contributed by atoms with Crippen molar-refractivity contribution in [3.8, 4) is 0 Å². The first-order valence-corrected chi connectivity index (χ1v) is 4.08. The fourth-order valence-electron chi connectivity index (χ4n) is 1.08. The van der Waals surface area contributed by atoms with Gasteiger partial charge >= 0.3 is 0 Å². The molecular formula is C6H16Na2O7S. The second-order valence-corrected chi connectivity index (χ2v) is 3.23. The fraction of sp³-hybridized carbons (Fsp3) is 1.00. The van der Waals surface area contributed by atoms with Crippen LogP contribution >= 0.6 is 12.6 Å². The first-order chi connectivity index (χ1) is 5.57. The number of aliphatic hydroxyl groups is 4. The smallest absolute Gasteiger partial charge is 0.129 e. The summed E-state index contributed by atoms with van der Waals surface area (Å²) in [6, 6.07) is 0. The van der Waals surface area contributed by atoms with Crippen LogP contribution < -0.4 is 0 Å². The molecule has 1 heterocycles. The first kappa shape index (κ1) is 26.6. The number of hydrogen-bond acceptors (Lipinski definition) is 6. The van der Waals surface area contributed by atoms with Gasteiger partial charge in [-0.2, -0.15) is 0 Å². The van der Waals surface area contributed by atoms with Crippen LogP contribution in [0.15, 0.2) is 0 Å². The fourth-order valence-corrected chi connectivity index (χ4v) is 1.41. The maximum atomic E-state index is 9.20. The third kappa shape index (κ3) is 6.30. The molecule has 10 heteroatoms. The Hall–Kier alpha value is 2.07. The molecule has 1 rings (SSSR count). The summed E-state index contributed by atoms with van der Waals surface area (Å²) in [6.45, 7) is -0.415. The second-order valence-electron chi connectivity index (χ2n) is 2.72. The van der Waals surface area contributed by atoms with E-state index in [0.717, 1.165) is 0 Å². The van der Waals surface area contributed by atoms with Gasteiger partial charge in [-0.1, -0.05) is 0 Å². The van der Waals surface area contributed by atoms with Crippen molar-refractivity contribution in [1.29, 1.82) is 0 Å². The van der Waals surface area contributed by atoms with Crippen molar-refractivity contribution in [2.45, 2.75) is 29.9 Å². The molecule has 0 spiro atoms. The predicted molar refractivity (Wildman–Crippen MR) is 61.5 cm³/mol. The van der Waals surface area contributed by atoms with Crippen molar-refractivity contribution >= 4 is 71.7 Å². The van der Waals surface area contributed by atoms with E-state index in [1.165, 1.54) is 0 Å². The topological polar surface area (TPSA) is 153 Å². The van der Waals surface area contributed by atoms with Crippen LogP contribution in [0.25, 0.3) is 0 Å². The summed E-state index contributed by atoms with van der Waals surface area (Å²) < 4.78 is 4.88. The van der Waals surface area contributed by atoms with E-state index < -0.39 is 36.5 Å². The molecule has 1 aliphatic heterocycles. The van der Waals surface area contributed by atoms with Gasteiger partial charge in [-0.3, -0.25) is 0 Å². The molecule has 2 radical (unpaired) electrons. The Bertz CT molecular complexity index is 161. The summed E-state index contributed by atoms with van der Waals surface area (Å²) in [5.41, 5.74) is -0.874. The van der Waals surface area contributed by atoms with E-state index in [1.54, 1.807) is 0 Å². The minimum atomic E-state index is -1.32. The molecule has 1 aliphatic rings. The Morgan fingerprint density at radius 3 is 1.75 bits per heavy atom. The van der Waals surface area contributed by atoms with Crippen molar-refractivity contribution in [1.82, 2.24) is 0 Å². The molecule has 0 saturated carbocycles. The van der Waals surface area contributed by atoms with Crippen LogP contribution in [-0.4, -0.2) is 127 Å². The van der Waals surface area contributed by atoms with Crippen molar-refractivity contribution in [2.75, 3.05) is 6.61 Å². The van der Waals surface area contributed by atoms with Crippen molar-refractivity contribution in [2.24, 2.45) is 0 Å². The molecule has 1 fully saturated rings. The minimum absolute atomic E-state index is 0. The Labute approximate surface area is 143 Å². The van der Waals surface area contributed by atoms with Gasteiger partial charge in [0.2, 0.25) is 0 Å². The molecule has 0 unspecified atom stereocenters. The Balaban J connectivity index is -0.000000180. The molecule has 90 valence electrons. The third-order valence-electron chi connectivity index (χ3n) is 1.87. The SMILES string of the molecule is O.O.OC[C@H]1O[C@@H](S)[C@H](O)[C@@H](O)[C@@H]1O.[Na].[Na]. The molecule has 0 aromatic heterocycles. The molecule has 0 bridgehead atoms. The molecule has 0 aromatic rings. The minimum Gasteiger partial charge on any atom is -0.412 e. The van der Waals surface area contributed by atoms with Gasteiger partial charge in [0.15, 0.2) is 0 Å². The number of ether oxygens (including phenoxy) is 1. The van der Waals surface area contributed by atoms with E-state index in [0.29, 0.717) is 0 Å². The molecule has 16 heavy (non-hydrogen) atoms. The summed E-state index contributed by atoms with van der Waals surface area (Å²) in [5, 5.41) is 36.2. The maximum absolute atomic E-state index is 9.20. The molecule has 8 N–H and O–H groups in total. The number of aliphatic hydroxyl groups excluding tert-OH is 4. The van der Waals surface area contributed by atoms with Crippen LogP contribution in [0.4, 0.5) is 0 Å². The van der Waals surface area contributed by atoms with E-state index in [1.807, 2.05) is 0 Å². The Morgan fingerprint density at radius 2 is 1.38 bits per heavy atom. The summed E-state index contributed by atoms with van der Waals surface area (Å²) in [6.07, 6.45) is -4.70. The van der Waals surface area contributed by atoms with Gasteiger partial charge in [0.25, 0.3) is 0 Å². The van der Waals surface area contributed by atoms with Gasteiger partial charge < -0.3 is 36.1 Å². The van der Waals surface area contributed by atoms with Crippen LogP contribution in [-0.2, 0) is 4.74 Å². The van der Waals surface area contributed by atoms with Crippen LogP contribution in [0.1, 0.15) is 0 Å². The zero-order valence-corrected chi connectivity index (χ0v) is 14.1. The number of thiol groups is 1. The van der Waals surface area contributed by atoms with Gasteiger partial charge in [0.05, 0.1) is 6.61 Å². The average molecular weight is 278 g/mol. The molecule has 0 aromatic carbocycles. The standard InChI is InChI=1S/C6H12O5S.2Na.2H2O/c7-1-2-3(8)4(9)5(10)6(12)11-2;;;;/h2-10,12H,1H2;;;2*1H2/t2-,3-,4+,5-,6+;;;;/m1..../s1. The van der Waals surface area contributed by atoms with Crippen molar-refractivity contribution in [3.63, 3.8) is 0 Å². The monoisotopic (exact) mass is 278 g/mol. The predicted octanol–water partition coefficient (Wildman–Crippen LogP) is -4.69. The molecular weight excluding hydrogens is 262 g/mol. The Kier molecular flexibility index (Phi) is 20.2. The maximum Gasteiger partial charge on any atom is 0.129 e.